The van der Waals surface area contributed by atoms with E-state index in [0.717, 1.165) is 37.0 Å². The molecule has 1 aromatic heterocycles. The van der Waals surface area contributed by atoms with E-state index in [0.29, 0.717) is 25.3 Å². The average molecular weight is 352 g/mol. The summed E-state index contributed by atoms with van der Waals surface area (Å²) in [6, 6.07) is 9.56. The van der Waals surface area contributed by atoms with Crippen LogP contribution in [-0.2, 0) is 6.54 Å². The lowest BCUT2D eigenvalue weighted by molar-refractivity contribution is 0.171. The molecule has 3 heterocycles. The summed E-state index contributed by atoms with van der Waals surface area (Å²) in [5.74, 6) is 2.82. The van der Waals surface area contributed by atoms with E-state index in [-0.39, 0.29) is 0 Å². The van der Waals surface area contributed by atoms with Gasteiger partial charge in [0, 0.05) is 37.9 Å². The number of hydrogen-bond donors (Lipinski definition) is 0. The van der Waals surface area contributed by atoms with Gasteiger partial charge in [-0.2, -0.15) is 0 Å². The van der Waals surface area contributed by atoms with E-state index in [1.807, 2.05) is 18.3 Å². The number of likely N-dealkylation sites (tertiary alicyclic amines) is 1. The first kappa shape index (κ1) is 15.9. The maximum Gasteiger partial charge on any atom is 0.161 e. The molecule has 136 valence electrons. The van der Waals surface area contributed by atoms with Crippen LogP contribution >= 0.6 is 0 Å². The Morgan fingerprint density at radius 1 is 1.04 bits per heavy atom. The molecule has 0 amide bonds. The predicted molar refractivity (Wildman–Crippen MR) is 98.6 cm³/mol. The fourth-order valence-corrected chi connectivity index (χ4v) is 4.09. The number of ether oxygens (including phenoxy) is 2. The molecule has 0 bridgehead atoms. The highest BCUT2D eigenvalue weighted by molar-refractivity contribution is 5.44. The smallest absolute Gasteiger partial charge is 0.161 e. The lowest BCUT2D eigenvalue weighted by Gasteiger charge is -2.30. The molecule has 1 aliphatic carbocycles. The number of rotatable bonds is 5. The van der Waals surface area contributed by atoms with E-state index in [1.165, 1.54) is 24.8 Å². The van der Waals surface area contributed by atoms with Gasteiger partial charge < -0.3 is 14.4 Å². The van der Waals surface area contributed by atoms with Crippen LogP contribution in [0, 0.1) is 0 Å². The number of aromatic nitrogens is 2. The average Bonchev–Trinajstić information content (AvgIpc) is 3.42. The van der Waals surface area contributed by atoms with Crippen molar-refractivity contribution in [3.8, 4) is 11.5 Å². The third-order valence-corrected chi connectivity index (χ3v) is 5.42. The Hall–Kier alpha value is -2.34. The van der Waals surface area contributed by atoms with Crippen molar-refractivity contribution in [1.82, 2.24) is 14.9 Å². The predicted octanol–water partition coefficient (Wildman–Crippen LogP) is 2.49. The van der Waals surface area contributed by atoms with Crippen LogP contribution in [0.4, 0.5) is 5.82 Å². The summed E-state index contributed by atoms with van der Waals surface area (Å²) in [5, 5.41) is 0. The maximum atomic E-state index is 5.72. The molecule has 6 nitrogen and oxygen atoms in total. The minimum absolute atomic E-state index is 0.537. The van der Waals surface area contributed by atoms with E-state index in [2.05, 4.69) is 31.9 Å². The van der Waals surface area contributed by atoms with Gasteiger partial charge in [0.15, 0.2) is 11.5 Å². The van der Waals surface area contributed by atoms with Crippen LogP contribution in [0.3, 0.4) is 0 Å². The Morgan fingerprint density at radius 2 is 1.92 bits per heavy atom. The van der Waals surface area contributed by atoms with E-state index in [4.69, 9.17) is 9.47 Å². The van der Waals surface area contributed by atoms with Gasteiger partial charge in [-0.15, -0.1) is 0 Å². The molecule has 2 fully saturated rings. The molecule has 0 N–H and O–H groups in total. The van der Waals surface area contributed by atoms with Crippen molar-refractivity contribution >= 4 is 5.82 Å². The molecule has 3 aliphatic rings. The highest BCUT2D eigenvalue weighted by Gasteiger charge is 2.38. The summed E-state index contributed by atoms with van der Waals surface area (Å²) in [6.07, 6.45) is 7.25. The highest BCUT2D eigenvalue weighted by atomic mass is 16.6. The van der Waals surface area contributed by atoms with Gasteiger partial charge in [-0.25, -0.2) is 9.97 Å². The summed E-state index contributed by atoms with van der Waals surface area (Å²) in [4.78, 5) is 13.6. The second-order valence-electron chi connectivity index (χ2n) is 7.36. The van der Waals surface area contributed by atoms with Gasteiger partial charge in [0.1, 0.15) is 25.4 Å². The molecule has 1 saturated carbocycles. The van der Waals surface area contributed by atoms with Gasteiger partial charge in [0.2, 0.25) is 0 Å². The zero-order valence-corrected chi connectivity index (χ0v) is 14.9. The SMILES string of the molecule is c1cc(N(C2CC2)C2CCN(Cc3ccc4c(c3)OCCO4)C2)ncn1. The summed E-state index contributed by atoms with van der Waals surface area (Å²) in [5.41, 5.74) is 1.29. The van der Waals surface area contributed by atoms with Gasteiger partial charge in [-0.05, 0) is 43.0 Å². The monoisotopic (exact) mass is 352 g/mol. The Labute approximate surface area is 153 Å². The molecule has 1 unspecified atom stereocenters. The van der Waals surface area contributed by atoms with Crippen molar-refractivity contribution in [3.63, 3.8) is 0 Å². The number of hydrogen-bond acceptors (Lipinski definition) is 6. The summed E-state index contributed by atoms with van der Waals surface area (Å²) >= 11 is 0. The third kappa shape index (κ3) is 3.21. The van der Waals surface area contributed by atoms with Crippen LogP contribution < -0.4 is 14.4 Å². The first-order valence-corrected chi connectivity index (χ1v) is 9.52. The molecule has 5 rings (SSSR count). The van der Waals surface area contributed by atoms with Crippen LogP contribution in [0.15, 0.2) is 36.8 Å². The van der Waals surface area contributed by atoms with E-state index in [9.17, 15) is 0 Å². The van der Waals surface area contributed by atoms with Crippen molar-refractivity contribution in [1.29, 1.82) is 0 Å². The Bertz CT molecular complexity index is 766. The van der Waals surface area contributed by atoms with Gasteiger partial charge >= 0.3 is 0 Å². The molecule has 2 aliphatic heterocycles. The normalized spacial score (nSPS) is 22.4. The number of fused-ring (bicyclic) bond motifs is 1. The summed E-state index contributed by atoms with van der Waals surface area (Å²) in [6.45, 7) is 4.43. The summed E-state index contributed by atoms with van der Waals surface area (Å²) in [7, 11) is 0. The Balaban J connectivity index is 1.27. The van der Waals surface area contributed by atoms with Crippen molar-refractivity contribution in [2.75, 3.05) is 31.2 Å². The number of anilines is 1. The topological polar surface area (TPSA) is 50.7 Å². The fraction of sp³-hybridized carbons (Fsp3) is 0.500. The second-order valence-corrected chi connectivity index (χ2v) is 7.36. The van der Waals surface area contributed by atoms with Gasteiger partial charge in [0.05, 0.1) is 0 Å². The Kier molecular flexibility index (Phi) is 4.13. The highest BCUT2D eigenvalue weighted by Crippen LogP contribution is 2.35. The van der Waals surface area contributed by atoms with Crippen LogP contribution in [0.2, 0.25) is 0 Å². The lowest BCUT2D eigenvalue weighted by atomic mass is 10.2. The number of benzene rings is 1. The zero-order chi connectivity index (χ0) is 17.3. The zero-order valence-electron chi connectivity index (χ0n) is 14.9. The fourth-order valence-electron chi connectivity index (χ4n) is 4.09. The van der Waals surface area contributed by atoms with Crippen LogP contribution in [0.5, 0.6) is 11.5 Å². The number of nitrogens with zero attached hydrogens (tertiary/aromatic N) is 4. The molecule has 1 atom stereocenters. The van der Waals surface area contributed by atoms with E-state index >= 15 is 0 Å². The minimum Gasteiger partial charge on any atom is -0.486 e. The van der Waals surface area contributed by atoms with E-state index in [1.54, 1.807) is 6.33 Å². The molecule has 0 spiro atoms. The van der Waals surface area contributed by atoms with Crippen LogP contribution in [0.1, 0.15) is 24.8 Å². The third-order valence-electron chi connectivity index (χ3n) is 5.42. The molecule has 0 radical (unpaired) electrons. The molecule has 6 heteroatoms. The van der Waals surface area contributed by atoms with Gasteiger partial charge in [-0.1, -0.05) is 6.07 Å². The largest absolute Gasteiger partial charge is 0.486 e. The molecule has 26 heavy (non-hydrogen) atoms. The van der Waals surface area contributed by atoms with Crippen molar-refractivity contribution in [2.24, 2.45) is 0 Å². The van der Waals surface area contributed by atoms with Crippen molar-refractivity contribution < 1.29 is 9.47 Å². The molecule has 1 aromatic carbocycles. The van der Waals surface area contributed by atoms with E-state index < -0.39 is 0 Å². The van der Waals surface area contributed by atoms with Crippen molar-refractivity contribution in [3.05, 3.63) is 42.4 Å². The molecular weight excluding hydrogens is 328 g/mol. The molecule has 1 saturated heterocycles. The second kappa shape index (κ2) is 6.76. The standard InChI is InChI=1S/C20H24N4O2/c1-4-18-19(26-10-9-25-18)11-15(1)12-23-8-6-17(13-23)24(16-2-3-16)20-5-7-21-14-22-20/h1,4-5,7,11,14,16-17H,2-3,6,8-10,12-13H2. The van der Waals surface area contributed by atoms with Gasteiger partial charge in [0.25, 0.3) is 0 Å². The molecule has 2 aromatic rings. The first-order valence-electron chi connectivity index (χ1n) is 9.52. The quantitative estimate of drug-likeness (QED) is 0.824. The molecular formula is C20H24N4O2. The van der Waals surface area contributed by atoms with Crippen LogP contribution in [0.25, 0.3) is 0 Å². The van der Waals surface area contributed by atoms with Gasteiger partial charge in [-0.3, -0.25) is 4.90 Å². The van der Waals surface area contributed by atoms with Crippen molar-refractivity contribution in [2.45, 2.75) is 37.9 Å². The first-order chi connectivity index (χ1) is 12.9. The van der Waals surface area contributed by atoms with Crippen LogP contribution in [-0.4, -0.2) is 53.3 Å². The minimum atomic E-state index is 0.537. The summed E-state index contributed by atoms with van der Waals surface area (Å²) < 4.78 is 11.3. The Morgan fingerprint density at radius 3 is 2.73 bits per heavy atom. The maximum absolute atomic E-state index is 5.72. The lowest BCUT2D eigenvalue weighted by Crippen LogP contribution is -2.39.